The molecule has 0 aliphatic carbocycles. The summed E-state index contributed by atoms with van der Waals surface area (Å²) < 4.78 is 52.7. The van der Waals surface area contributed by atoms with Crippen LogP contribution in [0, 0.1) is 6.92 Å². The first-order valence-corrected chi connectivity index (χ1v) is 8.93. The second-order valence-corrected chi connectivity index (χ2v) is 6.78. The predicted molar refractivity (Wildman–Crippen MR) is 85.8 cm³/mol. The predicted octanol–water partition coefficient (Wildman–Crippen LogP) is 2.36. The smallest absolute Gasteiger partial charge is 0.360 e. The molecule has 126 valence electrons. The van der Waals surface area contributed by atoms with E-state index in [1.54, 1.807) is 12.1 Å². The quantitative estimate of drug-likeness (QED) is 0.828. The van der Waals surface area contributed by atoms with Gasteiger partial charge in [0, 0.05) is 11.8 Å². The Labute approximate surface area is 139 Å². The first kappa shape index (κ1) is 17.6. The van der Waals surface area contributed by atoms with Crippen LogP contribution >= 0.6 is 0 Å². The third-order valence-corrected chi connectivity index (χ3v) is 4.33. The van der Waals surface area contributed by atoms with Gasteiger partial charge in [0.2, 0.25) is 0 Å². The fourth-order valence-electron chi connectivity index (χ4n) is 1.72. The van der Waals surface area contributed by atoms with Crippen LogP contribution in [0.5, 0.6) is 5.75 Å². The van der Waals surface area contributed by atoms with E-state index >= 15 is 0 Å². The van der Waals surface area contributed by atoms with E-state index in [9.17, 15) is 21.6 Å². The lowest BCUT2D eigenvalue weighted by Crippen LogP contribution is -2.10. The molecule has 0 aliphatic rings. The molecule has 0 fully saturated rings. The molecule has 0 heterocycles. The normalized spacial score (nSPS) is 10.7. The summed E-state index contributed by atoms with van der Waals surface area (Å²) >= 11 is 0. The van der Waals surface area contributed by atoms with Gasteiger partial charge in [0.1, 0.15) is 10.6 Å². The Morgan fingerprint density at radius 2 is 1.79 bits per heavy atom. The van der Waals surface area contributed by atoms with E-state index in [4.69, 9.17) is 4.18 Å². The minimum absolute atomic E-state index is 0.0145. The Bertz CT molecular complexity index is 988. The third-order valence-electron chi connectivity index (χ3n) is 2.76. The van der Waals surface area contributed by atoms with Crippen molar-refractivity contribution >= 4 is 32.3 Å². The number of benzene rings is 2. The van der Waals surface area contributed by atoms with Crippen LogP contribution in [-0.2, 0) is 20.6 Å². The maximum Gasteiger partial charge on any atom is 0.360 e. The van der Waals surface area contributed by atoms with Crippen molar-refractivity contribution in [2.75, 3.05) is 5.32 Å². The molecule has 2 rings (SSSR count). The molecule has 10 heteroatoms. The molecule has 0 atom stereocenters. The van der Waals surface area contributed by atoms with Crippen LogP contribution in [0.2, 0.25) is 0 Å². The van der Waals surface area contributed by atoms with E-state index in [1.165, 1.54) is 36.4 Å². The van der Waals surface area contributed by atoms with Gasteiger partial charge >= 0.3 is 26.6 Å². The zero-order valence-corrected chi connectivity index (χ0v) is 14.0. The van der Waals surface area contributed by atoms with E-state index in [1.807, 2.05) is 6.92 Å². The first-order valence-electron chi connectivity index (χ1n) is 6.49. The fraction of sp³-hybridized carbons (Fsp3) is 0.0714. The van der Waals surface area contributed by atoms with Crippen molar-refractivity contribution in [2.24, 2.45) is 4.36 Å². The number of nitrogens with one attached hydrogen (secondary N) is 1. The maximum absolute atomic E-state index is 12.2. The van der Waals surface area contributed by atoms with Crippen LogP contribution in [-0.4, -0.2) is 22.9 Å². The second kappa shape index (κ2) is 7.23. The molecule has 0 bridgehead atoms. The minimum atomic E-state index is -4.03. The average molecular weight is 368 g/mol. The van der Waals surface area contributed by atoms with Gasteiger partial charge in [-0.05, 0) is 31.2 Å². The molecule has 0 aromatic heterocycles. The Morgan fingerprint density at radius 1 is 1.12 bits per heavy atom. The summed E-state index contributed by atoms with van der Waals surface area (Å²) in [5.74, 6) is -0.0448. The standard InChI is InChI=1S/C14H12N2O6S2/c1-10-5-7-13(8-6-10)24(20,21)22-12-4-2-3-11(9-12)15-14(17)16-23(18)19/h2-9H,1H3,(H,15,17). The van der Waals surface area contributed by atoms with Crippen molar-refractivity contribution in [3.05, 3.63) is 54.1 Å². The lowest BCUT2D eigenvalue weighted by Gasteiger charge is -2.08. The summed E-state index contributed by atoms with van der Waals surface area (Å²) in [6, 6.07) is 10.5. The highest BCUT2D eigenvalue weighted by Gasteiger charge is 2.16. The molecule has 2 aromatic carbocycles. The summed E-state index contributed by atoms with van der Waals surface area (Å²) in [6.45, 7) is 1.82. The zero-order chi connectivity index (χ0) is 17.7. The van der Waals surface area contributed by atoms with Crippen molar-refractivity contribution in [3.63, 3.8) is 0 Å². The molecule has 2 amide bonds. The molecule has 0 aliphatic heterocycles. The van der Waals surface area contributed by atoms with Crippen LogP contribution < -0.4 is 9.50 Å². The number of carbonyl (C=O) groups is 1. The summed E-state index contributed by atoms with van der Waals surface area (Å²) in [5.41, 5.74) is 1.03. The van der Waals surface area contributed by atoms with Crippen molar-refractivity contribution in [2.45, 2.75) is 11.8 Å². The molecule has 0 saturated carbocycles. The number of anilines is 1. The number of aryl methyl sites for hydroxylation is 1. The van der Waals surface area contributed by atoms with Gasteiger partial charge in [-0.25, -0.2) is 4.79 Å². The van der Waals surface area contributed by atoms with Gasteiger partial charge in [-0.2, -0.15) is 16.8 Å². The van der Waals surface area contributed by atoms with Gasteiger partial charge in [0.05, 0.1) is 0 Å². The van der Waals surface area contributed by atoms with Gasteiger partial charge in [0.15, 0.2) is 0 Å². The molecule has 0 unspecified atom stereocenters. The topological polar surface area (TPSA) is 119 Å². The average Bonchev–Trinajstić information content (AvgIpc) is 2.46. The summed E-state index contributed by atoms with van der Waals surface area (Å²) in [5, 5.41) is 2.17. The van der Waals surface area contributed by atoms with E-state index in [2.05, 4.69) is 9.68 Å². The number of carbonyl (C=O) groups excluding carboxylic acids is 1. The molecular weight excluding hydrogens is 356 g/mol. The number of hydrogen-bond donors (Lipinski definition) is 1. The van der Waals surface area contributed by atoms with Crippen LogP contribution in [0.1, 0.15) is 5.56 Å². The van der Waals surface area contributed by atoms with E-state index < -0.39 is 26.6 Å². The van der Waals surface area contributed by atoms with Gasteiger partial charge < -0.3 is 9.50 Å². The van der Waals surface area contributed by atoms with Crippen LogP contribution in [0.25, 0.3) is 0 Å². The minimum Gasteiger partial charge on any atom is -0.379 e. The number of urea groups is 1. The molecule has 24 heavy (non-hydrogen) atoms. The number of nitrogens with zero attached hydrogens (tertiary/aromatic N) is 1. The molecule has 0 spiro atoms. The molecule has 0 radical (unpaired) electrons. The SMILES string of the molecule is Cc1ccc(S(=O)(=O)Oc2cccc(NC(=O)N=S(=O)=O)c2)cc1. The number of amides is 2. The second-order valence-electron chi connectivity index (χ2n) is 4.62. The highest BCUT2D eigenvalue weighted by Crippen LogP contribution is 2.22. The van der Waals surface area contributed by atoms with E-state index in [0.29, 0.717) is 0 Å². The van der Waals surface area contributed by atoms with Gasteiger partial charge in [-0.1, -0.05) is 28.1 Å². The highest BCUT2D eigenvalue weighted by atomic mass is 32.2. The van der Waals surface area contributed by atoms with Gasteiger partial charge in [-0.3, -0.25) is 0 Å². The highest BCUT2D eigenvalue weighted by molar-refractivity contribution is 7.87. The van der Waals surface area contributed by atoms with E-state index in [0.717, 1.165) is 5.56 Å². The van der Waals surface area contributed by atoms with Crippen LogP contribution in [0.3, 0.4) is 0 Å². The van der Waals surface area contributed by atoms with Gasteiger partial charge in [0.25, 0.3) is 0 Å². The van der Waals surface area contributed by atoms with Crippen LogP contribution in [0.4, 0.5) is 10.5 Å². The third kappa shape index (κ3) is 4.89. The molecule has 1 N–H and O–H groups in total. The Hall–Kier alpha value is -2.72. The largest absolute Gasteiger partial charge is 0.379 e. The van der Waals surface area contributed by atoms with Crippen molar-refractivity contribution in [1.82, 2.24) is 0 Å². The monoisotopic (exact) mass is 368 g/mol. The summed E-state index contributed by atoms with van der Waals surface area (Å²) in [4.78, 5) is 11.2. The Morgan fingerprint density at radius 3 is 2.42 bits per heavy atom. The van der Waals surface area contributed by atoms with Crippen molar-refractivity contribution in [3.8, 4) is 5.75 Å². The van der Waals surface area contributed by atoms with Gasteiger partial charge in [-0.15, -0.1) is 0 Å². The molecule has 0 saturated heterocycles. The maximum atomic E-state index is 12.2. The zero-order valence-electron chi connectivity index (χ0n) is 12.3. The van der Waals surface area contributed by atoms with Crippen LogP contribution in [0.15, 0.2) is 57.8 Å². The Kier molecular flexibility index (Phi) is 5.31. The lowest BCUT2D eigenvalue weighted by molar-refractivity contribution is 0.260. The number of rotatable bonds is 4. The number of hydrogen-bond acceptors (Lipinski definition) is 6. The fourth-order valence-corrected chi connectivity index (χ4v) is 2.82. The van der Waals surface area contributed by atoms with Crippen molar-refractivity contribution < 1.29 is 25.8 Å². The van der Waals surface area contributed by atoms with Crippen molar-refractivity contribution in [1.29, 1.82) is 0 Å². The van der Waals surface area contributed by atoms with E-state index in [-0.39, 0.29) is 16.3 Å². The molecule has 2 aromatic rings. The molecular formula is C14H12N2O6S2. The lowest BCUT2D eigenvalue weighted by atomic mass is 10.2. The summed E-state index contributed by atoms with van der Waals surface area (Å²) in [7, 11) is -6.91. The molecule has 8 nitrogen and oxygen atoms in total. The first-order chi connectivity index (χ1) is 11.3. The summed E-state index contributed by atoms with van der Waals surface area (Å²) in [6.07, 6.45) is 0. The Balaban J connectivity index is 2.21.